The van der Waals surface area contributed by atoms with Gasteiger partial charge in [0.25, 0.3) is 0 Å². The van der Waals surface area contributed by atoms with Crippen molar-refractivity contribution in [1.82, 2.24) is 14.5 Å². The standard InChI is InChI=1S/C32H34FN3O4S/c1-3-19-34-32(38)30(20-24-11-5-4-6-12-24)36(22-27-15-9-10-16-29(27)33)31(37)23-35(2)41(39,40)28-18-17-25-13-7-8-14-26(25)21-28/h4-18,21,30H,3,19-20,22-23H2,1-2H3,(H,34,38)/t30-/m1/s1. The Kier molecular flexibility index (Phi) is 9.86. The maximum atomic E-state index is 14.8. The predicted molar refractivity (Wildman–Crippen MR) is 158 cm³/mol. The Morgan fingerprint density at radius 3 is 2.24 bits per heavy atom. The summed E-state index contributed by atoms with van der Waals surface area (Å²) in [7, 11) is -2.72. The molecule has 0 unspecified atom stereocenters. The number of fused-ring (bicyclic) bond motifs is 1. The molecule has 4 rings (SSSR count). The van der Waals surface area contributed by atoms with E-state index in [9.17, 15) is 22.4 Å². The summed E-state index contributed by atoms with van der Waals surface area (Å²) in [6, 6.07) is 26.5. The van der Waals surface area contributed by atoms with E-state index in [1.54, 1.807) is 30.3 Å². The largest absolute Gasteiger partial charge is 0.354 e. The number of hydrogen-bond donors (Lipinski definition) is 1. The fraction of sp³-hybridized carbons (Fsp3) is 0.250. The molecule has 2 amide bonds. The summed E-state index contributed by atoms with van der Waals surface area (Å²) >= 11 is 0. The molecule has 0 saturated carbocycles. The van der Waals surface area contributed by atoms with Crippen LogP contribution in [-0.4, -0.2) is 55.6 Å². The number of sulfonamides is 1. The minimum atomic E-state index is -4.05. The van der Waals surface area contributed by atoms with Gasteiger partial charge in [0.05, 0.1) is 11.4 Å². The summed E-state index contributed by atoms with van der Waals surface area (Å²) in [5.41, 5.74) is 1.04. The second-order valence-electron chi connectivity index (χ2n) is 9.88. The molecule has 7 nitrogen and oxygen atoms in total. The molecule has 9 heteroatoms. The molecule has 0 heterocycles. The average Bonchev–Trinajstić information content (AvgIpc) is 2.98. The number of benzene rings is 4. The van der Waals surface area contributed by atoms with Crippen LogP contribution in [0.1, 0.15) is 24.5 Å². The highest BCUT2D eigenvalue weighted by Crippen LogP contribution is 2.22. The van der Waals surface area contributed by atoms with Crippen LogP contribution in [0.3, 0.4) is 0 Å². The Bertz CT molecular complexity index is 1610. The van der Waals surface area contributed by atoms with Crippen LogP contribution in [0.2, 0.25) is 0 Å². The summed E-state index contributed by atoms with van der Waals surface area (Å²) in [5.74, 6) is -1.53. The van der Waals surface area contributed by atoms with Crippen molar-refractivity contribution in [3.05, 3.63) is 114 Å². The lowest BCUT2D eigenvalue weighted by molar-refractivity contribution is -0.141. The molecular weight excluding hydrogens is 541 g/mol. The molecular formula is C32H34FN3O4S. The second-order valence-corrected chi connectivity index (χ2v) is 11.9. The van der Waals surface area contributed by atoms with Gasteiger partial charge in [0.1, 0.15) is 11.9 Å². The number of carbonyl (C=O) groups is 2. The molecule has 0 saturated heterocycles. The molecule has 4 aromatic carbocycles. The monoisotopic (exact) mass is 575 g/mol. The third-order valence-corrected chi connectivity index (χ3v) is 8.71. The van der Waals surface area contributed by atoms with E-state index < -0.39 is 34.3 Å². The van der Waals surface area contributed by atoms with Gasteiger partial charge in [0.2, 0.25) is 21.8 Å². The van der Waals surface area contributed by atoms with Crippen LogP contribution in [0.25, 0.3) is 10.8 Å². The number of rotatable bonds is 12. The van der Waals surface area contributed by atoms with Crippen molar-refractivity contribution in [2.45, 2.75) is 37.2 Å². The number of nitrogens with zero attached hydrogens (tertiary/aromatic N) is 2. The highest BCUT2D eigenvalue weighted by molar-refractivity contribution is 7.89. The third kappa shape index (κ3) is 7.36. The third-order valence-electron chi connectivity index (χ3n) is 6.91. The molecule has 214 valence electrons. The van der Waals surface area contributed by atoms with Crippen molar-refractivity contribution in [2.75, 3.05) is 20.1 Å². The van der Waals surface area contributed by atoms with Gasteiger partial charge in [0.15, 0.2) is 0 Å². The highest BCUT2D eigenvalue weighted by Gasteiger charge is 2.33. The Morgan fingerprint density at radius 1 is 0.878 bits per heavy atom. The summed E-state index contributed by atoms with van der Waals surface area (Å²) in [6.45, 7) is 1.59. The van der Waals surface area contributed by atoms with E-state index in [-0.39, 0.29) is 29.3 Å². The maximum absolute atomic E-state index is 14.8. The molecule has 41 heavy (non-hydrogen) atoms. The number of hydrogen-bond acceptors (Lipinski definition) is 4. The number of carbonyl (C=O) groups excluding carboxylic acids is 2. The van der Waals surface area contributed by atoms with E-state index in [1.165, 1.54) is 24.1 Å². The van der Waals surface area contributed by atoms with E-state index in [0.717, 1.165) is 20.6 Å². The Morgan fingerprint density at radius 2 is 1.54 bits per heavy atom. The zero-order valence-electron chi connectivity index (χ0n) is 23.2. The number of nitrogens with one attached hydrogen (secondary N) is 1. The molecule has 0 spiro atoms. The maximum Gasteiger partial charge on any atom is 0.243 e. The van der Waals surface area contributed by atoms with Crippen molar-refractivity contribution < 1.29 is 22.4 Å². The predicted octanol–water partition coefficient (Wildman–Crippen LogP) is 4.77. The van der Waals surface area contributed by atoms with E-state index in [1.807, 2.05) is 61.5 Å². The lowest BCUT2D eigenvalue weighted by Gasteiger charge is -2.32. The second kappa shape index (κ2) is 13.5. The molecule has 0 aromatic heterocycles. The van der Waals surface area contributed by atoms with E-state index in [2.05, 4.69) is 5.32 Å². The smallest absolute Gasteiger partial charge is 0.243 e. The van der Waals surface area contributed by atoms with Crippen molar-refractivity contribution in [3.63, 3.8) is 0 Å². The lowest BCUT2D eigenvalue weighted by atomic mass is 10.0. The highest BCUT2D eigenvalue weighted by atomic mass is 32.2. The number of amides is 2. The van der Waals surface area contributed by atoms with Gasteiger partial charge in [-0.05, 0) is 41.0 Å². The van der Waals surface area contributed by atoms with Crippen LogP contribution in [0.4, 0.5) is 4.39 Å². The molecule has 0 aliphatic heterocycles. The minimum absolute atomic E-state index is 0.0497. The Hall–Kier alpha value is -4.08. The first-order chi connectivity index (χ1) is 19.7. The molecule has 0 fully saturated rings. The number of likely N-dealkylation sites (N-methyl/N-ethyl adjacent to an activating group) is 1. The van der Waals surface area contributed by atoms with Crippen LogP contribution >= 0.6 is 0 Å². The average molecular weight is 576 g/mol. The van der Waals surface area contributed by atoms with Crippen molar-refractivity contribution in [1.29, 1.82) is 0 Å². The van der Waals surface area contributed by atoms with Gasteiger partial charge in [0, 0.05) is 32.1 Å². The van der Waals surface area contributed by atoms with Crippen LogP contribution in [0.5, 0.6) is 0 Å². The van der Waals surface area contributed by atoms with Crippen molar-refractivity contribution >= 4 is 32.6 Å². The van der Waals surface area contributed by atoms with Gasteiger partial charge < -0.3 is 10.2 Å². The normalized spacial score (nSPS) is 12.3. The van der Waals surface area contributed by atoms with Crippen LogP contribution in [0, 0.1) is 5.82 Å². The van der Waals surface area contributed by atoms with Gasteiger partial charge in [-0.25, -0.2) is 12.8 Å². The van der Waals surface area contributed by atoms with E-state index in [0.29, 0.717) is 13.0 Å². The van der Waals surface area contributed by atoms with E-state index in [4.69, 9.17) is 0 Å². The molecule has 0 bridgehead atoms. The first-order valence-corrected chi connectivity index (χ1v) is 14.9. The first-order valence-electron chi connectivity index (χ1n) is 13.5. The van der Waals surface area contributed by atoms with E-state index >= 15 is 0 Å². The van der Waals surface area contributed by atoms with Crippen LogP contribution in [-0.2, 0) is 32.6 Å². The molecule has 0 aliphatic rings. The number of halogens is 1. The van der Waals surface area contributed by atoms with Crippen LogP contribution < -0.4 is 5.32 Å². The van der Waals surface area contributed by atoms with Gasteiger partial charge in [-0.15, -0.1) is 0 Å². The van der Waals surface area contributed by atoms with Gasteiger partial charge in [-0.3, -0.25) is 9.59 Å². The topological polar surface area (TPSA) is 86.8 Å². The molecule has 4 aromatic rings. The molecule has 0 aliphatic carbocycles. The van der Waals surface area contributed by atoms with Gasteiger partial charge in [-0.1, -0.05) is 85.8 Å². The first kappa shape index (κ1) is 29.9. The molecule has 0 radical (unpaired) electrons. The summed E-state index contributed by atoms with van der Waals surface area (Å²) in [6.07, 6.45) is 0.871. The Labute approximate surface area is 240 Å². The molecule has 1 N–H and O–H groups in total. The Balaban J connectivity index is 1.67. The minimum Gasteiger partial charge on any atom is -0.354 e. The van der Waals surface area contributed by atoms with Crippen molar-refractivity contribution in [2.24, 2.45) is 0 Å². The van der Waals surface area contributed by atoms with Crippen molar-refractivity contribution in [3.8, 4) is 0 Å². The summed E-state index contributed by atoms with van der Waals surface area (Å²) in [5, 5.41) is 4.50. The quantitative estimate of drug-likeness (QED) is 0.264. The summed E-state index contributed by atoms with van der Waals surface area (Å²) < 4.78 is 42.7. The fourth-order valence-electron chi connectivity index (χ4n) is 4.60. The lowest BCUT2D eigenvalue weighted by Crippen LogP contribution is -2.53. The summed E-state index contributed by atoms with van der Waals surface area (Å²) in [4.78, 5) is 28.6. The molecule has 1 atom stereocenters. The zero-order chi connectivity index (χ0) is 29.4. The van der Waals surface area contributed by atoms with Gasteiger partial charge in [-0.2, -0.15) is 4.31 Å². The fourth-order valence-corrected chi connectivity index (χ4v) is 5.76. The van der Waals surface area contributed by atoms with Gasteiger partial charge >= 0.3 is 0 Å². The zero-order valence-corrected chi connectivity index (χ0v) is 24.0. The SMILES string of the molecule is CCCNC(=O)[C@@H](Cc1ccccc1)N(Cc1ccccc1F)C(=O)CN(C)S(=O)(=O)c1ccc2ccccc2c1. The van der Waals surface area contributed by atoms with Crippen LogP contribution in [0.15, 0.2) is 102 Å².